The van der Waals surface area contributed by atoms with Crippen molar-refractivity contribution in [2.24, 2.45) is 0 Å². The molecule has 0 N–H and O–H groups in total. The van der Waals surface area contributed by atoms with Crippen LogP contribution in [0.15, 0.2) is 12.1 Å². The third kappa shape index (κ3) is 4.02. The molecule has 0 amide bonds. The molecule has 1 aliphatic rings. The number of pyridine rings is 1. The summed E-state index contributed by atoms with van der Waals surface area (Å²) in [4.78, 5) is 6.98. The first-order valence-corrected chi connectivity index (χ1v) is 7.29. The van der Waals surface area contributed by atoms with Crippen LogP contribution in [0.4, 0.5) is 0 Å². The Kier molecular flexibility index (Phi) is 4.94. The van der Waals surface area contributed by atoms with Crippen molar-refractivity contribution < 1.29 is 4.74 Å². The Balaban J connectivity index is 2.27. The van der Waals surface area contributed by atoms with E-state index in [1.54, 1.807) is 0 Å². The summed E-state index contributed by atoms with van der Waals surface area (Å²) >= 11 is 0. The van der Waals surface area contributed by atoms with E-state index in [0.717, 1.165) is 32.6 Å². The van der Waals surface area contributed by atoms with Crippen LogP contribution in [0.2, 0.25) is 0 Å². The van der Waals surface area contributed by atoms with Crippen molar-refractivity contribution in [1.29, 1.82) is 0 Å². The number of rotatable bonds is 4. The van der Waals surface area contributed by atoms with Gasteiger partial charge >= 0.3 is 0 Å². The van der Waals surface area contributed by atoms with E-state index < -0.39 is 0 Å². The molecule has 3 heteroatoms. The van der Waals surface area contributed by atoms with Gasteiger partial charge in [-0.25, -0.2) is 0 Å². The number of nitrogens with zero attached hydrogens (tertiary/aromatic N) is 2. The van der Waals surface area contributed by atoms with Crippen molar-refractivity contribution in [3.05, 3.63) is 29.1 Å². The predicted octanol–water partition coefficient (Wildman–Crippen LogP) is 3.16. The summed E-state index contributed by atoms with van der Waals surface area (Å²) in [7, 11) is 4.19. The van der Waals surface area contributed by atoms with Gasteiger partial charge in [-0.1, -0.05) is 13.8 Å². The lowest BCUT2D eigenvalue weighted by molar-refractivity contribution is 0.0852. The highest BCUT2D eigenvalue weighted by atomic mass is 16.5. The second kappa shape index (κ2) is 6.49. The van der Waals surface area contributed by atoms with Crippen LogP contribution in [-0.2, 0) is 11.3 Å². The third-order valence-corrected chi connectivity index (χ3v) is 3.68. The van der Waals surface area contributed by atoms with E-state index in [1.165, 1.54) is 17.0 Å². The van der Waals surface area contributed by atoms with Crippen molar-refractivity contribution in [3.63, 3.8) is 0 Å². The SMILES string of the molecule is CC(C)c1cc(C2CCOCC2)cc(CN(C)C)n1. The fourth-order valence-electron chi connectivity index (χ4n) is 2.60. The van der Waals surface area contributed by atoms with Crippen molar-refractivity contribution in [2.45, 2.75) is 45.1 Å². The molecule has 1 fully saturated rings. The molecule has 2 heterocycles. The average Bonchev–Trinajstić information content (AvgIpc) is 2.38. The van der Waals surface area contributed by atoms with Gasteiger partial charge in [0.15, 0.2) is 0 Å². The van der Waals surface area contributed by atoms with Gasteiger partial charge in [-0.15, -0.1) is 0 Å². The molecule has 0 saturated carbocycles. The van der Waals surface area contributed by atoms with Crippen LogP contribution in [0.5, 0.6) is 0 Å². The monoisotopic (exact) mass is 262 g/mol. The van der Waals surface area contributed by atoms with Crippen molar-refractivity contribution in [3.8, 4) is 0 Å². The third-order valence-electron chi connectivity index (χ3n) is 3.68. The number of aromatic nitrogens is 1. The first-order valence-electron chi connectivity index (χ1n) is 7.29. The van der Waals surface area contributed by atoms with Gasteiger partial charge in [0.1, 0.15) is 0 Å². The van der Waals surface area contributed by atoms with Crippen LogP contribution in [0, 0.1) is 0 Å². The van der Waals surface area contributed by atoms with Crippen LogP contribution >= 0.6 is 0 Å². The molecular formula is C16H26N2O. The minimum atomic E-state index is 0.487. The molecule has 3 nitrogen and oxygen atoms in total. The van der Waals surface area contributed by atoms with E-state index >= 15 is 0 Å². The largest absolute Gasteiger partial charge is 0.381 e. The van der Waals surface area contributed by atoms with Crippen LogP contribution in [-0.4, -0.2) is 37.2 Å². The molecule has 2 rings (SSSR count). The van der Waals surface area contributed by atoms with Gasteiger partial charge in [-0.2, -0.15) is 0 Å². The second-order valence-corrected chi connectivity index (χ2v) is 6.10. The van der Waals surface area contributed by atoms with E-state index in [4.69, 9.17) is 9.72 Å². The summed E-state index contributed by atoms with van der Waals surface area (Å²) in [5.74, 6) is 1.14. The number of hydrogen-bond acceptors (Lipinski definition) is 3. The van der Waals surface area contributed by atoms with E-state index in [1.807, 2.05) is 0 Å². The lowest BCUT2D eigenvalue weighted by Gasteiger charge is -2.24. The molecule has 0 spiro atoms. The van der Waals surface area contributed by atoms with Crippen LogP contribution < -0.4 is 0 Å². The fraction of sp³-hybridized carbons (Fsp3) is 0.688. The standard InChI is InChI=1S/C16H26N2O/c1-12(2)16-10-14(13-5-7-19-8-6-13)9-15(17-16)11-18(3)4/h9-10,12-13H,5-8,11H2,1-4H3. The van der Waals surface area contributed by atoms with E-state index in [0.29, 0.717) is 11.8 Å². The Bertz CT molecular complexity index is 409. The Morgan fingerprint density at radius 1 is 1.26 bits per heavy atom. The quantitative estimate of drug-likeness (QED) is 0.833. The highest BCUT2D eigenvalue weighted by Crippen LogP contribution is 2.29. The lowest BCUT2D eigenvalue weighted by Crippen LogP contribution is -2.17. The molecule has 1 saturated heterocycles. The molecule has 0 aliphatic carbocycles. The van der Waals surface area contributed by atoms with Crippen molar-refractivity contribution >= 4 is 0 Å². The predicted molar refractivity (Wildman–Crippen MR) is 78.5 cm³/mol. The smallest absolute Gasteiger partial charge is 0.0550 e. The van der Waals surface area contributed by atoms with Gasteiger partial charge in [0.05, 0.1) is 5.69 Å². The zero-order valence-corrected chi connectivity index (χ0v) is 12.6. The van der Waals surface area contributed by atoms with Gasteiger partial charge < -0.3 is 9.64 Å². The zero-order chi connectivity index (χ0) is 13.8. The topological polar surface area (TPSA) is 25.4 Å². The summed E-state index contributed by atoms with van der Waals surface area (Å²) in [6, 6.07) is 4.60. The summed E-state index contributed by atoms with van der Waals surface area (Å²) in [6.07, 6.45) is 2.28. The summed E-state index contributed by atoms with van der Waals surface area (Å²) in [5.41, 5.74) is 3.87. The molecule has 0 radical (unpaired) electrons. The maximum Gasteiger partial charge on any atom is 0.0550 e. The summed E-state index contributed by atoms with van der Waals surface area (Å²) in [5, 5.41) is 0. The van der Waals surface area contributed by atoms with Gasteiger partial charge in [0, 0.05) is 25.5 Å². The Hall–Kier alpha value is -0.930. The first kappa shape index (κ1) is 14.5. The van der Waals surface area contributed by atoms with Gasteiger partial charge in [-0.3, -0.25) is 4.98 Å². The van der Waals surface area contributed by atoms with Crippen LogP contribution in [0.3, 0.4) is 0 Å². The zero-order valence-electron chi connectivity index (χ0n) is 12.6. The minimum Gasteiger partial charge on any atom is -0.381 e. The number of ether oxygens (including phenoxy) is 1. The van der Waals surface area contributed by atoms with Crippen molar-refractivity contribution in [1.82, 2.24) is 9.88 Å². The molecule has 0 bridgehead atoms. The van der Waals surface area contributed by atoms with E-state index in [2.05, 4.69) is 45.0 Å². The maximum atomic E-state index is 5.47. The minimum absolute atomic E-state index is 0.487. The molecule has 1 aromatic rings. The molecule has 0 atom stereocenters. The highest BCUT2D eigenvalue weighted by molar-refractivity contribution is 5.27. The first-order chi connectivity index (χ1) is 9.06. The molecule has 19 heavy (non-hydrogen) atoms. The Morgan fingerprint density at radius 3 is 2.53 bits per heavy atom. The highest BCUT2D eigenvalue weighted by Gasteiger charge is 2.18. The molecule has 1 aromatic heterocycles. The molecule has 106 valence electrons. The second-order valence-electron chi connectivity index (χ2n) is 6.10. The summed E-state index contributed by atoms with van der Waals surface area (Å²) in [6.45, 7) is 7.14. The molecular weight excluding hydrogens is 236 g/mol. The molecule has 0 aromatic carbocycles. The summed E-state index contributed by atoms with van der Waals surface area (Å²) < 4.78 is 5.47. The van der Waals surface area contributed by atoms with E-state index in [-0.39, 0.29) is 0 Å². The molecule has 0 unspecified atom stereocenters. The number of hydrogen-bond donors (Lipinski definition) is 0. The Morgan fingerprint density at radius 2 is 1.95 bits per heavy atom. The van der Waals surface area contributed by atoms with Crippen LogP contribution in [0.1, 0.15) is 55.5 Å². The van der Waals surface area contributed by atoms with Gasteiger partial charge in [-0.05, 0) is 56.5 Å². The maximum absolute atomic E-state index is 5.47. The van der Waals surface area contributed by atoms with Gasteiger partial charge in [0.2, 0.25) is 0 Å². The molecule has 1 aliphatic heterocycles. The Labute approximate surface area is 117 Å². The van der Waals surface area contributed by atoms with Crippen molar-refractivity contribution in [2.75, 3.05) is 27.3 Å². The normalized spacial score (nSPS) is 17.4. The average molecular weight is 262 g/mol. The van der Waals surface area contributed by atoms with Crippen LogP contribution in [0.25, 0.3) is 0 Å². The lowest BCUT2D eigenvalue weighted by atomic mass is 9.90. The fourth-order valence-corrected chi connectivity index (χ4v) is 2.60. The van der Waals surface area contributed by atoms with Gasteiger partial charge in [0.25, 0.3) is 0 Å². The van der Waals surface area contributed by atoms with E-state index in [9.17, 15) is 0 Å².